The number of aromatic nitrogens is 1. The molecule has 0 fully saturated rings. The Morgan fingerprint density at radius 2 is 1.86 bits per heavy atom. The summed E-state index contributed by atoms with van der Waals surface area (Å²) in [5.74, 6) is -0.0483. The molecule has 0 amide bonds. The number of nitrogens with zero attached hydrogens (tertiary/aromatic N) is 1. The average molecular weight is 294 g/mol. The van der Waals surface area contributed by atoms with Gasteiger partial charge in [0.2, 0.25) is 0 Å². The third kappa shape index (κ3) is 3.18. The normalized spacial score (nSPS) is 11.1. The van der Waals surface area contributed by atoms with Crippen LogP contribution in [0, 0.1) is 0 Å². The zero-order valence-corrected chi connectivity index (χ0v) is 11.9. The van der Waals surface area contributed by atoms with Gasteiger partial charge in [0, 0.05) is 22.2 Å². The van der Waals surface area contributed by atoms with Crippen LogP contribution in [0.2, 0.25) is 5.02 Å². The Bertz CT molecular complexity index is 822. The molecule has 0 bridgehead atoms. The number of allylic oxidation sites excluding steroid dienone is 1. The van der Waals surface area contributed by atoms with E-state index in [2.05, 4.69) is 4.98 Å². The Kier molecular flexibility index (Phi) is 3.80. The van der Waals surface area contributed by atoms with E-state index in [0.29, 0.717) is 10.6 Å². The van der Waals surface area contributed by atoms with Crippen LogP contribution in [0.4, 0.5) is 0 Å². The van der Waals surface area contributed by atoms with Crippen molar-refractivity contribution in [3.63, 3.8) is 0 Å². The highest BCUT2D eigenvalue weighted by molar-refractivity contribution is 6.30. The minimum Gasteiger partial charge on any atom is -0.289 e. The molecule has 1 heterocycles. The van der Waals surface area contributed by atoms with Crippen LogP contribution in [0.1, 0.15) is 15.9 Å². The fourth-order valence-electron chi connectivity index (χ4n) is 2.07. The van der Waals surface area contributed by atoms with Crippen LogP contribution in [-0.4, -0.2) is 10.8 Å². The minimum atomic E-state index is -0.0483. The molecular formula is C18H12ClNO. The molecule has 0 aliphatic carbocycles. The van der Waals surface area contributed by atoms with Crippen LogP contribution in [0.15, 0.2) is 66.9 Å². The van der Waals surface area contributed by atoms with Crippen molar-refractivity contribution in [3.05, 3.63) is 83.0 Å². The van der Waals surface area contributed by atoms with Crippen LogP contribution in [0.3, 0.4) is 0 Å². The molecular weight excluding hydrogens is 282 g/mol. The summed E-state index contributed by atoms with van der Waals surface area (Å²) in [4.78, 5) is 16.4. The molecule has 3 heteroatoms. The highest BCUT2D eigenvalue weighted by Crippen LogP contribution is 2.15. The molecule has 0 unspecified atom stereocenters. The lowest BCUT2D eigenvalue weighted by molar-refractivity contribution is 0.104. The molecule has 0 N–H and O–H groups in total. The maximum Gasteiger partial charge on any atom is 0.185 e. The maximum absolute atomic E-state index is 12.0. The number of hydrogen-bond donors (Lipinski definition) is 0. The number of ketones is 1. The third-order valence-corrected chi connectivity index (χ3v) is 3.44. The van der Waals surface area contributed by atoms with E-state index >= 15 is 0 Å². The predicted octanol–water partition coefficient (Wildman–Crippen LogP) is 4.78. The second-order valence-electron chi connectivity index (χ2n) is 4.66. The Morgan fingerprint density at radius 3 is 2.67 bits per heavy atom. The maximum atomic E-state index is 12.0. The SMILES string of the molecule is O=C(C=Cc1ccc2cccnc2c1)c1ccc(Cl)cc1. The summed E-state index contributed by atoms with van der Waals surface area (Å²) < 4.78 is 0. The van der Waals surface area contributed by atoms with E-state index in [0.717, 1.165) is 16.5 Å². The van der Waals surface area contributed by atoms with Gasteiger partial charge in [-0.3, -0.25) is 9.78 Å². The van der Waals surface area contributed by atoms with Gasteiger partial charge in [-0.2, -0.15) is 0 Å². The Morgan fingerprint density at radius 1 is 1.05 bits per heavy atom. The van der Waals surface area contributed by atoms with Crippen molar-refractivity contribution in [2.45, 2.75) is 0 Å². The monoisotopic (exact) mass is 293 g/mol. The number of carbonyl (C=O) groups excluding carboxylic acids is 1. The number of hydrogen-bond acceptors (Lipinski definition) is 2. The number of carbonyl (C=O) groups is 1. The van der Waals surface area contributed by atoms with E-state index in [-0.39, 0.29) is 5.78 Å². The minimum absolute atomic E-state index is 0.0483. The van der Waals surface area contributed by atoms with Gasteiger partial charge in [-0.25, -0.2) is 0 Å². The third-order valence-electron chi connectivity index (χ3n) is 3.19. The van der Waals surface area contributed by atoms with Gasteiger partial charge in [0.1, 0.15) is 0 Å². The zero-order chi connectivity index (χ0) is 14.7. The van der Waals surface area contributed by atoms with Gasteiger partial charge >= 0.3 is 0 Å². The number of rotatable bonds is 3. The van der Waals surface area contributed by atoms with Crippen molar-refractivity contribution in [1.82, 2.24) is 4.98 Å². The molecule has 0 aliphatic heterocycles. The molecule has 0 radical (unpaired) electrons. The van der Waals surface area contributed by atoms with Crippen molar-refractivity contribution < 1.29 is 4.79 Å². The number of fused-ring (bicyclic) bond motifs is 1. The Balaban J connectivity index is 1.83. The Hall–Kier alpha value is -2.45. The molecule has 0 spiro atoms. The molecule has 21 heavy (non-hydrogen) atoms. The van der Waals surface area contributed by atoms with Gasteiger partial charge in [-0.1, -0.05) is 35.9 Å². The zero-order valence-electron chi connectivity index (χ0n) is 11.2. The molecule has 0 saturated heterocycles. The molecule has 102 valence electrons. The second kappa shape index (κ2) is 5.90. The van der Waals surface area contributed by atoms with E-state index in [1.54, 1.807) is 42.6 Å². The predicted molar refractivity (Wildman–Crippen MR) is 86.6 cm³/mol. The van der Waals surface area contributed by atoms with Crippen LogP contribution >= 0.6 is 11.6 Å². The molecule has 3 aromatic rings. The van der Waals surface area contributed by atoms with Gasteiger partial charge in [-0.05, 0) is 48.0 Å². The summed E-state index contributed by atoms with van der Waals surface area (Å²) in [6.07, 6.45) is 5.12. The molecule has 1 aromatic heterocycles. The fourth-order valence-corrected chi connectivity index (χ4v) is 2.20. The van der Waals surface area contributed by atoms with Gasteiger partial charge in [0.25, 0.3) is 0 Å². The van der Waals surface area contributed by atoms with Crippen LogP contribution < -0.4 is 0 Å². The standard InChI is InChI=1S/C18H12ClNO/c19-16-8-6-15(7-9-16)18(21)10-4-13-3-5-14-2-1-11-20-17(14)12-13/h1-12H. The van der Waals surface area contributed by atoms with Crippen molar-refractivity contribution in [3.8, 4) is 0 Å². The summed E-state index contributed by atoms with van der Waals surface area (Å²) >= 11 is 5.81. The van der Waals surface area contributed by atoms with E-state index < -0.39 is 0 Å². The van der Waals surface area contributed by atoms with Gasteiger partial charge in [-0.15, -0.1) is 0 Å². The first-order valence-electron chi connectivity index (χ1n) is 6.55. The first kappa shape index (κ1) is 13.5. The number of benzene rings is 2. The molecule has 0 atom stereocenters. The van der Waals surface area contributed by atoms with E-state index in [9.17, 15) is 4.79 Å². The lowest BCUT2D eigenvalue weighted by Crippen LogP contribution is -1.93. The van der Waals surface area contributed by atoms with Crippen molar-refractivity contribution >= 4 is 34.4 Å². The van der Waals surface area contributed by atoms with Crippen molar-refractivity contribution in [2.75, 3.05) is 0 Å². The van der Waals surface area contributed by atoms with E-state index in [1.165, 1.54) is 0 Å². The smallest absolute Gasteiger partial charge is 0.185 e. The summed E-state index contributed by atoms with van der Waals surface area (Å²) in [7, 11) is 0. The lowest BCUT2D eigenvalue weighted by Gasteiger charge is -1.99. The van der Waals surface area contributed by atoms with Crippen LogP contribution in [0.5, 0.6) is 0 Å². The molecule has 2 aromatic carbocycles. The molecule has 2 nitrogen and oxygen atoms in total. The average Bonchev–Trinajstić information content (AvgIpc) is 2.53. The highest BCUT2D eigenvalue weighted by atomic mass is 35.5. The first-order chi connectivity index (χ1) is 10.2. The van der Waals surface area contributed by atoms with Gasteiger partial charge in [0.05, 0.1) is 5.52 Å². The summed E-state index contributed by atoms with van der Waals surface area (Å²) in [5, 5.41) is 1.70. The quantitative estimate of drug-likeness (QED) is 0.513. The van der Waals surface area contributed by atoms with E-state index in [4.69, 9.17) is 11.6 Å². The van der Waals surface area contributed by atoms with Crippen molar-refractivity contribution in [2.24, 2.45) is 0 Å². The Labute approximate surface area is 127 Å². The largest absolute Gasteiger partial charge is 0.289 e. The summed E-state index contributed by atoms with van der Waals surface area (Å²) in [6.45, 7) is 0. The van der Waals surface area contributed by atoms with Gasteiger partial charge in [0.15, 0.2) is 5.78 Å². The van der Waals surface area contributed by atoms with E-state index in [1.807, 2.05) is 30.3 Å². The number of pyridine rings is 1. The van der Waals surface area contributed by atoms with Crippen LogP contribution in [0.25, 0.3) is 17.0 Å². The number of halogens is 1. The lowest BCUT2D eigenvalue weighted by atomic mass is 10.1. The topological polar surface area (TPSA) is 30.0 Å². The highest BCUT2D eigenvalue weighted by Gasteiger charge is 2.01. The molecule has 0 aliphatic rings. The summed E-state index contributed by atoms with van der Waals surface area (Å²) in [6, 6.07) is 16.7. The van der Waals surface area contributed by atoms with Crippen molar-refractivity contribution in [1.29, 1.82) is 0 Å². The second-order valence-corrected chi connectivity index (χ2v) is 5.10. The fraction of sp³-hybridized carbons (Fsp3) is 0. The first-order valence-corrected chi connectivity index (χ1v) is 6.93. The molecule has 0 saturated carbocycles. The summed E-state index contributed by atoms with van der Waals surface area (Å²) in [5.41, 5.74) is 2.48. The molecule has 3 rings (SSSR count). The van der Waals surface area contributed by atoms with Crippen LogP contribution in [-0.2, 0) is 0 Å². The van der Waals surface area contributed by atoms with Gasteiger partial charge < -0.3 is 0 Å².